The van der Waals surface area contributed by atoms with Gasteiger partial charge in [-0.05, 0) is 42.9 Å². The van der Waals surface area contributed by atoms with E-state index in [2.05, 4.69) is 24.3 Å². The number of hydrogen-bond acceptors (Lipinski definition) is 2. The van der Waals surface area contributed by atoms with E-state index in [1.807, 2.05) is 0 Å². The molecule has 1 aliphatic rings. The van der Waals surface area contributed by atoms with E-state index < -0.39 is 0 Å². The molecule has 1 unspecified atom stereocenters. The average Bonchev–Trinajstić information content (AvgIpc) is 2.74. The van der Waals surface area contributed by atoms with E-state index in [4.69, 9.17) is 10.5 Å². The molecule has 1 saturated heterocycles. The summed E-state index contributed by atoms with van der Waals surface area (Å²) in [6.07, 6.45) is 3.35. The Morgan fingerprint density at radius 1 is 1.20 bits per heavy atom. The lowest BCUT2D eigenvalue weighted by atomic mass is 9.97. The highest BCUT2D eigenvalue weighted by atomic mass is 16.5. The molecule has 1 aliphatic heterocycles. The van der Waals surface area contributed by atoms with Crippen molar-refractivity contribution in [3.05, 3.63) is 35.4 Å². The summed E-state index contributed by atoms with van der Waals surface area (Å²) < 4.78 is 5.38. The van der Waals surface area contributed by atoms with Gasteiger partial charge in [0, 0.05) is 13.2 Å². The number of nitrogens with two attached hydrogens (primary N) is 1. The molecule has 1 aromatic rings. The third-order valence-electron chi connectivity index (χ3n) is 3.00. The monoisotopic (exact) mass is 205 g/mol. The maximum Gasteiger partial charge on any atom is 0.0498 e. The van der Waals surface area contributed by atoms with Gasteiger partial charge in [0.2, 0.25) is 0 Å². The van der Waals surface area contributed by atoms with Gasteiger partial charge in [0.05, 0.1) is 0 Å². The van der Waals surface area contributed by atoms with Gasteiger partial charge in [0.15, 0.2) is 0 Å². The van der Waals surface area contributed by atoms with Crippen LogP contribution in [0, 0.1) is 5.92 Å². The minimum Gasteiger partial charge on any atom is -0.381 e. The van der Waals surface area contributed by atoms with Crippen LogP contribution in [0.3, 0.4) is 0 Å². The predicted octanol–water partition coefficient (Wildman–Crippen LogP) is 1.77. The second-order valence-electron chi connectivity index (χ2n) is 4.29. The third kappa shape index (κ3) is 3.05. The molecule has 2 rings (SSSR count). The number of ether oxygens (including phenoxy) is 1. The maximum atomic E-state index is 5.51. The van der Waals surface area contributed by atoms with Crippen molar-refractivity contribution in [1.82, 2.24) is 0 Å². The predicted molar refractivity (Wildman–Crippen MR) is 61.8 cm³/mol. The summed E-state index contributed by atoms with van der Waals surface area (Å²) in [5.74, 6) is 0.727. The lowest BCUT2D eigenvalue weighted by Gasteiger charge is -2.08. The minimum absolute atomic E-state index is 0.727. The van der Waals surface area contributed by atoms with Gasteiger partial charge in [-0.2, -0.15) is 0 Å². The number of rotatable bonds is 4. The molecule has 15 heavy (non-hydrogen) atoms. The summed E-state index contributed by atoms with van der Waals surface area (Å²) in [5.41, 5.74) is 8.27. The molecule has 0 amide bonds. The molecule has 0 spiro atoms. The molecule has 2 heteroatoms. The molecule has 0 bridgehead atoms. The van der Waals surface area contributed by atoms with Crippen molar-refractivity contribution in [1.29, 1.82) is 0 Å². The Labute approximate surface area is 91.4 Å². The molecule has 0 aliphatic carbocycles. The third-order valence-corrected chi connectivity index (χ3v) is 3.00. The van der Waals surface area contributed by atoms with Gasteiger partial charge >= 0.3 is 0 Å². The van der Waals surface area contributed by atoms with Crippen LogP contribution >= 0.6 is 0 Å². The minimum atomic E-state index is 0.727. The van der Waals surface area contributed by atoms with Crippen molar-refractivity contribution >= 4 is 0 Å². The Balaban J connectivity index is 1.91. The maximum absolute atomic E-state index is 5.51. The molecule has 0 aromatic heterocycles. The summed E-state index contributed by atoms with van der Waals surface area (Å²) in [7, 11) is 0. The normalized spacial score (nSPS) is 20.7. The highest BCUT2D eigenvalue weighted by molar-refractivity contribution is 5.23. The molecule has 0 saturated carbocycles. The Morgan fingerprint density at radius 3 is 2.53 bits per heavy atom. The van der Waals surface area contributed by atoms with Crippen LogP contribution in [0.25, 0.3) is 0 Å². The number of benzene rings is 1. The SMILES string of the molecule is NCCc1ccc(CC2CCOC2)cc1. The van der Waals surface area contributed by atoms with Crippen molar-refractivity contribution in [2.75, 3.05) is 19.8 Å². The Kier molecular flexibility index (Phi) is 3.75. The van der Waals surface area contributed by atoms with Gasteiger partial charge in [-0.1, -0.05) is 24.3 Å². The lowest BCUT2D eigenvalue weighted by molar-refractivity contribution is 0.186. The van der Waals surface area contributed by atoms with E-state index >= 15 is 0 Å². The second kappa shape index (κ2) is 5.29. The van der Waals surface area contributed by atoms with Crippen LogP contribution in [-0.2, 0) is 17.6 Å². The van der Waals surface area contributed by atoms with Gasteiger partial charge in [0.25, 0.3) is 0 Å². The topological polar surface area (TPSA) is 35.2 Å². The summed E-state index contributed by atoms with van der Waals surface area (Å²) in [6.45, 7) is 2.61. The highest BCUT2D eigenvalue weighted by Crippen LogP contribution is 2.18. The fourth-order valence-electron chi connectivity index (χ4n) is 2.09. The van der Waals surface area contributed by atoms with Crippen LogP contribution in [-0.4, -0.2) is 19.8 Å². The molecule has 0 radical (unpaired) electrons. The average molecular weight is 205 g/mol. The van der Waals surface area contributed by atoms with E-state index in [0.29, 0.717) is 0 Å². The van der Waals surface area contributed by atoms with Gasteiger partial charge in [-0.3, -0.25) is 0 Å². The molecule has 1 aromatic carbocycles. The fourth-order valence-corrected chi connectivity index (χ4v) is 2.09. The standard InChI is InChI=1S/C13H19NO/c14-7-5-11-1-3-12(4-2-11)9-13-6-8-15-10-13/h1-4,13H,5-10,14H2. The summed E-state index contributed by atoms with van der Waals surface area (Å²) in [6, 6.07) is 8.84. The summed E-state index contributed by atoms with van der Waals surface area (Å²) in [5, 5.41) is 0. The largest absolute Gasteiger partial charge is 0.381 e. The molecular formula is C13H19NO. The van der Waals surface area contributed by atoms with E-state index in [1.165, 1.54) is 17.5 Å². The first-order chi connectivity index (χ1) is 7.38. The van der Waals surface area contributed by atoms with Crippen molar-refractivity contribution in [2.45, 2.75) is 19.3 Å². The lowest BCUT2D eigenvalue weighted by Crippen LogP contribution is -2.05. The fraction of sp³-hybridized carbons (Fsp3) is 0.538. The first-order valence-corrected chi connectivity index (χ1v) is 5.74. The summed E-state index contributed by atoms with van der Waals surface area (Å²) >= 11 is 0. The van der Waals surface area contributed by atoms with Gasteiger partial charge in [-0.25, -0.2) is 0 Å². The molecule has 2 N–H and O–H groups in total. The van der Waals surface area contributed by atoms with Crippen molar-refractivity contribution in [3.8, 4) is 0 Å². The van der Waals surface area contributed by atoms with Crippen LogP contribution in [0.1, 0.15) is 17.5 Å². The Morgan fingerprint density at radius 2 is 1.93 bits per heavy atom. The smallest absolute Gasteiger partial charge is 0.0498 e. The second-order valence-corrected chi connectivity index (χ2v) is 4.29. The van der Waals surface area contributed by atoms with E-state index in [9.17, 15) is 0 Å². The van der Waals surface area contributed by atoms with Crippen molar-refractivity contribution in [3.63, 3.8) is 0 Å². The molecule has 1 heterocycles. The van der Waals surface area contributed by atoms with E-state index in [1.54, 1.807) is 0 Å². The molecule has 1 fully saturated rings. The first kappa shape index (κ1) is 10.7. The van der Waals surface area contributed by atoms with E-state index in [-0.39, 0.29) is 0 Å². The van der Waals surface area contributed by atoms with Crippen LogP contribution < -0.4 is 5.73 Å². The molecule has 1 atom stereocenters. The van der Waals surface area contributed by atoms with Crippen LogP contribution in [0.2, 0.25) is 0 Å². The zero-order valence-electron chi connectivity index (χ0n) is 9.11. The zero-order chi connectivity index (χ0) is 10.5. The number of hydrogen-bond donors (Lipinski definition) is 1. The Bertz CT molecular complexity index is 288. The van der Waals surface area contributed by atoms with Crippen LogP contribution in [0.15, 0.2) is 24.3 Å². The highest BCUT2D eigenvalue weighted by Gasteiger charge is 2.15. The molecule has 2 nitrogen and oxygen atoms in total. The summed E-state index contributed by atoms with van der Waals surface area (Å²) in [4.78, 5) is 0. The van der Waals surface area contributed by atoms with Crippen LogP contribution in [0.4, 0.5) is 0 Å². The van der Waals surface area contributed by atoms with Gasteiger partial charge < -0.3 is 10.5 Å². The van der Waals surface area contributed by atoms with Crippen LogP contribution in [0.5, 0.6) is 0 Å². The Hall–Kier alpha value is -0.860. The quantitative estimate of drug-likeness (QED) is 0.813. The van der Waals surface area contributed by atoms with Gasteiger partial charge in [0.1, 0.15) is 0 Å². The molecular weight excluding hydrogens is 186 g/mol. The van der Waals surface area contributed by atoms with E-state index in [0.717, 1.165) is 38.5 Å². The first-order valence-electron chi connectivity index (χ1n) is 5.74. The van der Waals surface area contributed by atoms with Crippen molar-refractivity contribution in [2.24, 2.45) is 11.7 Å². The molecule has 82 valence electrons. The van der Waals surface area contributed by atoms with Gasteiger partial charge in [-0.15, -0.1) is 0 Å². The zero-order valence-corrected chi connectivity index (χ0v) is 9.11. The van der Waals surface area contributed by atoms with Crippen molar-refractivity contribution < 1.29 is 4.74 Å².